The number of nitrogens with two attached hydrogens (primary N) is 1. The predicted molar refractivity (Wildman–Crippen MR) is 65.9 cm³/mol. The molecule has 1 aliphatic carbocycles. The summed E-state index contributed by atoms with van der Waals surface area (Å²) in [6, 6.07) is 3.09. The maximum atomic E-state index is 11.1. The molecule has 1 aromatic heterocycles. The third-order valence-electron chi connectivity index (χ3n) is 3.55. The fourth-order valence-corrected chi connectivity index (χ4v) is 2.87. The minimum absolute atomic E-state index is 0.0168. The standard InChI is InChI=1S/C11H15N3O3S/c1-11(2)8(6-14-15)10(11)7-3-4-9(13-5-7)18(12,16)17/h3-6,8,10,15H,1-2H3,(H2,12,16,17)/t8-,10-/m0/s1. The molecule has 98 valence electrons. The van der Waals surface area contributed by atoms with E-state index in [1.165, 1.54) is 18.5 Å². The Labute approximate surface area is 106 Å². The molecule has 0 spiro atoms. The molecule has 0 amide bonds. The van der Waals surface area contributed by atoms with E-state index in [1.807, 2.05) is 0 Å². The molecule has 1 fully saturated rings. The second kappa shape index (κ2) is 4.03. The van der Waals surface area contributed by atoms with Gasteiger partial charge >= 0.3 is 0 Å². The molecule has 0 aromatic carbocycles. The summed E-state index contributed by atoms with van der Waals surface area (Å²) in [5.41, 5.74) is 0.897. The second-order valence-electron chi connectivity index (χ2n) is 5.06. The number of nitrogens with zero attached hydrogens (tertiary/aromatic N) is 2. The van der Waals surface area contributed by atoms with Gasteiger partial charge in [-0.15, -0.1) is 5.16 Å². The second-order valence-corrected chi connectivity index (χ2v) is 6.57. The van der Waals surface area contributed by atoms with Crippen LogP contribution in [-0.4, -0.2) is 24.8 Å². The minimum Gasteiger partial charge on any atom is -0.411 e. The zero-order valence-electron chi connectivity index (χ0n) is 10.1. The molecule has 2 atom stereocenters. The van der Waals surface area contributed by atoms with Crippen LogP contribution in [0.1, 0.15) is 25.3 Å². The summed E-state index contributed by atoms with van der Waals surface area (Å²) >= 11 is 0. The quantitative estimate of drug-likeness (QED) is 0.483. The smallest absolute Gasteiger partial charge is 0.255 e. The number of sulfonamides is 1. The fourth-order valence-electron chi connectivity index (χ4n) is 2.41. The van der Waals surface area contributed by atoms with Gasteiger partial charge in [0.2, 0.25) is 0 Å². The van der Waals surface area contributed by atoms with Crippen LogP contribution in [0.25, 0.3) is 0 Å². The van der Waals surface area contributed by atoms with Gasteiger partial charge in [-0.1, -0.05) is 19.9 Å². The largest absolute Gasteiger partial charge is 0.411 e. The highest BCUT2D eigenvalue weighted by atomic mass is 32.2. The Morgan fingerprint density at radius 2 is 2.17 bits per heavy atom. The monoisotopic (exact) mass is 269 g/mol. The Morgan fingerprint density at radius 1 is 1.50 bits per heavy atom. The van der Waals surface area contributed by atoms with Crippen molar-refractivity contribution in [1.29, 1.82) is 0 Å². The topological polar surface area (TPSA) is 106 Å². The van der Waals surface area contributed by atoms with Crippen LogP contribution >= 0.6 is 0 Å². The summed E-state index contributed by atoms with van der Waals surface area (Å²) in [4.78, 5) is 3.85. The molecule has 2 rings (SSSR count). The van der Waals surface area contributed by atoms with E-state index in [4.69, 9.17) is 10.3 Å². The summed E-state index contributed by atoms with van der Waals surface area (Å²) in [6.45, 7) is 4.11. The number of primary sulfonamides is 1. The van der Waals surface area contributed by atoms with Crippen molar-refractivity contribution in [3.05, 3.63) is 23.9 Å². The lowest BCUT2D eigenvalue weighted by atomic mass is 10.1. The zero-order chi connectivity index (χ0) is 13.6. The number of oxime groups is 1. The van der Waals surface area contributed by atoms with Crippen molar-refractivity contribution in [1.82, 2.24) is 4.98 Å². The molecule has 6 nitrogen and oxygen atoms in total. The van der Waals surface area contributed by atoms with Gasteiger partial charge < -0.3 is 5.21 Å². The highest BCUT2D eigenvalue weighted by molar-refractivity contribution is 7.89. The van der Waals surface area contributed by atoms with E-state index in [0.717, 1.165) is 5.56 Å². The summed E-state index contributed by atoms with van der Waals surface area (Å²) in [7, 11) is -3.75. The molecule has 1 aliphatic rings. The van der Waals surface area contributed by atoms with Gasteiger partial charge in [-0.3, -0.25) is 0 Å². The lowest BCUT2D eigenvalue weighted by Gasteiger charge is -2.03. The van der Waals surface area contributed by atoms with E-state index in [-0.39, 0.29) is 22.3 Å². The Kier molecular flexibility index (Phi) is 2.90. The van der Waals surface area contributed by atoms with Gasteiger partial charge in [0.15, 0.2) is 5.03 Å². The van der Waals surface area contributed by atoms with E-state index in [9.17, 15) is 8.42 Å². The van der Waals surface area contributed by atoms with Crippen LogP contribution in [0.4, 0.5) is 0 Å². The van der Waals surface area contributed by atoms with Crippen LogP contribution in [0.3, 0.4) is 0 Å². The van der Waals surface area contributed by atoms with Crippen LogP contribution in [0.5, 0.6) is 0 Å². The van der Waals surface area contributed by atoms with Crippen molar-refractivity contribution in [2.75, 3.05) is 0 Å². The number of hydrogen-bond acceptors (Lipinski definition) is 5. The fraction of sp³-hybridized carbons (Fsp3) is 0.455. The van der Waals surface area contributed by atoms with E-state index in [0.29, 0.717) is 0 Å². The molecule has 0 bridgehead atoms. The molecule has 3 N–H and O–H groups in total. The van der Waals surface area contributed by atoms with Crippen molar-refractivity contribution < 1.29 is 13.6 Å². The van der Waals surface area contributed by atoms with Gasteiger partial charge in [-0.05, 0) is 23.0 Å². The van der Waals surface area contributed by atoms with E-state index in [1.54, 1.807) is 6.07 Å². The Hall–Kier alpha value is -1.47. The van der Waals surface area contributed by atoms with Crippen molar-refractivity contribution >= 4 is 16.2 Å². The summed E-state index contributed by atoms with van der Waals surface area (Å²) < 4.78 is 22.2. The number of hydrogen-bond donors (Lipinski definition) is 2. The van der Waals surface area contributed by atoms with Crippen LogP contribution < -0.4 is 5.14 Å². The first-order chi connectivity index (χ1) is 8.28. The highest BCUT2D eigenvalue weighted by Crippen LogP contribution is 2.63. The first-order valence-electron chi connectivity index (χ1n) is 5.45. The Morgan fingerprint density at radius 3 is 2.61 bits per heavy atom. The SMILES string of the molecule is CC1(C)[C@@H](C=NO)[C@@H]1c1ccc(S(N)(=O)=O)nc1. The number of aromatic nitrogens is 1. The molecule has 0 radical (unpaired) electrons. The molecular weight excluding hydrogens is 254 g/mol. The lowest BCUT2D eigenvalue weighted by molar-refractivity contribution is 0.319. The van der Waals surface area contributed by atoms with E-state index < -0.39 is 10.0 Å². The van der Waals surface area contributed by atoms with Gasteiger partial charge in [0, 0.05) is 18.3 Å². The van der Waals surface area contributed by atoms with E-state index >= 15 is 0 Å². The molecule has 1 heterocycles. The molecule has 0 unspecified atom stereocenters. The van der Waals surface area contributed by atoms with Crippen molar-refractivity contribution in [2.45, 2.75) is 24.8 Å². The minimum atomic E-state index is -3.75. The molecule has 1 aromatic rings. The average Bonchev–Trinajstić information content (AvgIpc) is 2.80. The first kappa shape index (κ1) is 13.0. The highest BCUT2D eigenvalue weighted by Gasteiger charge is 2.57. The number of pyridine rings is 1. The van der Waals surface area contributed by atoms with Crippen LogP contribution in [0.15, 0.2) is 28.5 Å². The van der Waals surface area contributed by atoms with Gasteiger partial charge in [-0.25, -0.2) is 18.5 Å². The van der Waals surface area contributed by atoms with Crippen LogP contribution in [0.2, 0.25) is 0 Å². The summed E-state index contributed by atoms with van der Waals surface area (Å²) in [6.07, 6.45) is 3.01. The van der Waals surface area contributed by atoms with Crippen molar-refractivity contribution in [3.63, 3.8) is 0 Å². The molecule has 0 aliphatic heterocycles. The maximum Gasteiger partial charge on any atom is 0.255 e. The Bertz CT molecular complexity index is 578. The van der Waals surface area contributed by atoms with Crippen molar-refractivity contribution in [2.24, 2.45) is 21.6 Å². The van der Waals surface area contributed by atoms with Crippen LogP contribution in [-0.2, 0) is 10.0 Å². The maximum absolute atomic E-state index is 11.1. The van der Waals surface area contributed by atoms with Gasteiger partial charge in [0.1, 0.15) is 0 Å². The molecule has 0 saturated heterocycles. The van der Waals surface area contributed by atoms with Gasteiger partial charge in [0.05, 0.1) is 0 Å². The van der Waals surface area contributed by atoms with E-state index in [2.05, 4.69) is 24.0 Å². The summed E-state index contributed by atoms with van der Waals surface area (Å²) in [5, 5.41) is 16.5. The normalized spacial score (nSPS) is 26.4. The predicted octanol–water partition coefficient (Wildman–Crippen LogP) is 0.929. The third-order valence-corrected chi connectivity index (χ3v) is 4.37. The molecular formula is C11H15N3O3S. The van der Waals surface area contributed by atoms with Crippen LogP contribution in [0, 0.1) is 11.3 Å². The molecule has 1 saturated carbocycles. The van der Waals surface area contributed by atoms with Gasteiger partial charge in [-0.2, -0.15) is 0 Å². The molecule has 7 heteroatoms. The number of rotatable bonds is 3. The lowest BCUT2D eigenvalue weighted by Crippen LogP contribution is -2.13. The molecule has 18 heavy (non-hydrogen) atoms. The van der Waals surface area contributed by atoms with Gasteiger partial charge in [0.25, 0.3) is 10.0 Å². The average molecular weight is 269 g/mol. The summed E-state index contributed by atoms with van der Waals surface area (Å²) in [5.74, 6) is 0.306. The Balaban J connectivity index is 2.27. The third kappa shape index (κ3) is 2.11. The first-order valence-corrected chi connectivity index (χ1v) is 6.99. The zero-order valence-corrected chi connectivity index (χ0v) is 10.9. The van der Waals surface area contributed by atoms with Crippen molar-refractivity contribution in [3.8, 4) is 0 Å².